The summed E-state index contributed by atoms with van der Waals surface area (Å²) in [5.74, 6) is 0.660. The number of para-hydroxylation sites is 1. The van der Waals surface area contributed by atoms with Crippen molar-refractivity contribution < 1.29 is 0 Å². The maximum atomic E-state index is 12.0. The summed E-state index contributed by atoms with van der Waals surface area (Å²) < 4.78 is 1.52. The molecule has 0 spiro atoms. The zero-order chi connectivity index (χ0) is 11.7. The highest BCUT2D eigenvalue weighted by molar-refractivity contribution is 6.34. The van der Waals surface area contributed by atoms with Crippen molar-refractivity contribution in [2.24, 2.45) is 12.8 Å². The summed E-state index contributed by atoms with van der Waals surface area (Å²) in [5, 5.41) is 1.03. The predicted octanol–water partition coefficient (Wildman–Crippen LogP) is 1.09. The lowest BCUT2D eigenvalue weighted by molar-refractivity contribution is 0.731. The number of nitrogens with two attached hydrogens (primary N) is 1. The van der Waals surface area contributed by atoms with Gasteiger partial charge in [0.25, 0.3) is 5.56 Å². The molecule has 84 valence electrons. The Balaban J connectivity index is 2.84. The highest BCUT2D eigenvalue weighted by Crippen LogP contribution is 2.18. The number of benzene rings is 1. The summed E-state index contributed by atoms with van der Waals surface area (Å²) in [5.41, 5.74) is 5.94. The molecule has 0 bridgehead atoms. The van der Waals surface area contributed by atoms with Gasteiger partial charge in [0.2, 0.25) is 0 Å². The molecule has 0 saturated carbocycles. The van der Waals surface area contributed by atoms with Gasteiger partial charge in [0.1, 0.15) is 5.82 Å². The van der Waals surface area contributed by atoms with Gasteiger partial charge in [-0.1, -0.05) is 17.7 Å². The monoisotopic (exact) mass is 237 g/mol. The van der Waals surface area contributed by atoms with Crippen LogP contribution in [0, 0.1) is 0 Å². The van der Waals surface area contributed by atoms with E-state index in [0.717, 1.165) is 0 Å². The lowest BCUT2D eigenvalue weighted by atomic mass is 10.2. The van der Waals surface area contributed by atoms with Gasteiger partial charge >= 0.3 is 0 Å². The van der Waals surface area contributed by atoms with Gasteiger partial charge in [-0.15, -0.1) is 0 Å². The first kappa shape index (κ1) is 11.1. The number of fused-ring (bicyclic) bond motifs is 1. The predicted molar refractivity (Wildman–Crippen MR) is 64.8 cm³/mol. The van der Waals surface area contributed by atoms with Crippen molar-refractivity contribution in [3.8, 4) is 0 Å². The number of hydrogen-bond donors (Lipinski definition) is 1. The van der Waals surface area contributed by atoms with Crippen LogP contribution in [0.2, 0.25) is 5.02 Å². The molecule has 2 aromatic rings. The summed E-state index contributed by atoms with van der Waals surface area (Å²) >= 11 is 6.01. The van der Waals surface area contributed by atoms with E-state index in [1.54, 1.807) is 25.2 Å². The SMILES string of the molecule is Cn1c(CCN)nc2c(Cl)cccc2c1=O. The molecule has 2 rings (SSSR count). The molecule has 2 N–H and O–H groups in total. The van der Waals surface area contributed by atoms with Crippen LogP contribution >= 0.6 is 11.6 Å². The average Bonchev–Trinajstić information content (AvgIpc) is 2.27. The molecule has 0 amide bonds. The Bertz CT molecular complexity index is 592. The molecule has 0 aliphatic carbocycles. The smallest absolute Gasteiger partial charge is 0.261 e. The van der Waals surface area contributed by atoms with Crippen molar-refractivity contribution in [2.75, 3.05) is 6.54 Å². The van der Waals surface area contributed by atoms with Gasteiger partial charge in [-0.05, 0) is 18.7 Å². The van der Waals surface area contributed by atoms with Gasteiger partial charge in [0, 0.05) is 13.5 Å². The Labute approximate surface area is 97.7 Å². The minimum absolute atomic E-state index is 0.0871. The summed E-state index contributed by atoms with van der Waals surface area (Å²) in [6.45, 7) is 0.455. The summed E-state index contributed by atoms with van der Waals surface area (Å²) in [4.78, 5) is 16.4. The maximum Gasteiger partial charge on any atom is 0.261 e. The second-order valence-corrected chi connectivity index (χ2v) is 3.97. The normalized spacial score (nSPS) is 10.9. The average molecular weight is 238 g/mol. The minimum Gasteiger partial charge on any atom is -0.330 e. The van der Waals surface area contributed by atoms with Crippen LogP contribution in [0.4, 0.5) is 0 Å². The molecule has 5 heteroatoms. The van der Waals surface area contributed by atoms with Gasteiger partial charge in [0.05, 0.1) is 15.9 Å². The number of rotatable bonds is 2. The Hall–Kier alpha value is -1.39. The van der Waals surface area contributed by atoms with E-state index < -0.39 is 0 Å². The lowest BCUT2D eigenvalue weighted by Gasteiger charge is -2.08. The van der Waals surface area contributed by atoms with E-state index in [2.05, 4.69) is 4.98 Å². The Morgan fingerprint density at radius 2 is 2.25 bits per heavy atom. The third kappa shape index (κ3) is 1.70. The van der Waals surface area contributed by atoms with Crippen LogP contribution < -0.4 is 11.3 Å². The van der Waals surface area contributed by atoms with Crippen molar-refractivity contribution >= 4 is 22.5 Å². The van der Waals surface area contributed by atoms with Crippen molar-refractivity contribution in [3.63, 3.8) is 0 Å². The molecule has 4 nitrogen and oxygen atoms in total. The molecule has 0 aliphatic rings. The molecular formula is C11H12ClN3O. The third-order valence-electron chi connectivity index (χ3n) is 2.52. The molecule has 0 saturated heterocycles. The summed E-state index contributed by atoms with van der Waals surface area (Å²) in [7, 11) is 1.70. The first-order chi connectivity index (χ1) is 7.65. The molecule has 0 atom stereocenters. The number of nitrogens with zero attached hydrogens (tertiary/aromatic N) is 2. The lowest BCUT2D eigenvalue weighted by Crippen LogP contribution is -2.24. The largest absolute Gasteiger partial charge is 0.330 e. The third-order valence-corrected chi connectivity index (χ3v) is 2.82. The number of hydrogen-bond acceptors (Lipinski definition) is 3. The summed E-state index contributed by atoms with van der Waals surface area (Å²) in [6.07, 6.45) is 0.562. The first-order valence-corrected chi connectivity index (χ1v) is 5.37. The fourth-order valence-corrected chi connectivity index (χ4v) is 1.87. The maximum absolute atomic E-state index is 12.0. The van der Waals surface area contributed by atoms with Gasteiger partial charge in [-0.3, -0.25) is 9.36 Å². The van der Waals surface area contributed by atoms with Gasteiger partial charge in [-0.25, -0.2) is 4.98 Å². The number of halogens is 1. The molecule has 0 unspecified atom stereocenters. The van der Waals surface area contributed by atoms with E-state index in [1.165, 1.54) is 4.57 Å². The Morgan fingerprint density at radius 1 is 1.50 bits per heavy atom. The highest BCUT2D eigenvalue weighted by atomic mass is 35.5. The van der Waals surface area contributed by atoms with E-state index >= 15 is 0 Å². The van der Waals surface area contributed by atoms with Crippen LogP contribution in [0.5, 0.6) is 0 Å². The van der Waals surface area contributed by atoms with Crippen LogP contribution in [0.15, 0.2) is 23.0 Å². The summed E-state index contributed by atoms with van der Waals surface area (Å²) in [6, 6.07) is 5.20. The van der Waals surface area contributed by atoms with Gasteiger partial charge in [-0.2, -0.15) is 0 Å². The molecule has 1 aromatic heterocycles. The van der Waals surface area contributed by atoms with Crippen LogP contribution in [0.3, 0.4) is 0 Å². The van der Waals surface area contributed by atoms with Crippen molar-refractivity contribution in [1.29, 1.82) is 0 Å². The Kier molecular flexibility index (Phi) is 2.94. The second kappa shape index (κ2) is 4.23. The fourth-order valence-electron chi connectivity index (χ4n) is 1.66. The zero-order valence-electron chi connectivity index (χ0n) is 8.90. The van der Waals surface area contributed by atoms with Crippen LogP contribution in [0.25, 0.3) is 10.9 Å². The number of aromatic nitrogens is 2. The molecular weight excluding hydrogens is 226 g/mol. The fraction of sp³-hybridized carbons (Fsp3) is 0.273. The van der Waals surface area contributed by atoms with Gasteiger partial charge < -0.3 is 5.73 Å². The molecule has 0 aliphatic heterocycles. The van der Waals surface area contributed by atoms with Crippen molar-refractivity contribution in [2.45, 2.75) is 6.42 Å². The van der Waals surface area contributed by atoms with Crippen molar-refractivity contribution in [3.05, 3.63) is 39.4 Å². The van der Waals surface area contributed by atoms with E-state index in [9.17, 15) is 4.79 Å². The van der Waals surface area contributed by atoms with Crippen LogP contribution in [0.1, 0.15) is 5.82 Å². The van der Waals surface area contributed by atoms with Gasteiger partial charge in [0.15, 0.2) is 0 Å². The molecule has 1 heterocycles. The van der Waals surface area contributed by atoms with Crippen LogP contribution in [-0.2, 0) is 13.5 Å². The van der Waals surface area contributed by atoms with E-state index in [0.29, 0.717) is 34.7 Å². The quantitative estimate of drug-likeness (QED) is 0.851. The highest BCUT2D eigenvalue weighted by Gasteiger charge is 2.09. The van der Waals surface area contributed by atoms with E-state index in [1.807, 2.05) is 0 Å². The molecule has 16 heavy (non-hydrogen) atoms. The van der Waals surface area contributed by atoms with E-state index in [-0.39, 0.29) is 5.56 Å². The Morgan fingerprint density at radius 3 is 2.94 bits per heavy atom. The zero-order valence-corrected chi connectivity index (χ0v) is 9.66. The second-order valence-electron chi connectivity index (χ2n) is 3.57. The molecule has 0 fully saturated rings. The van der Waals surface area contributed by atoms with Crippen LogP contribution in [-0.4, -0.2) is 16.1 Å². The molecule has 1 aromatic carbocycles. The standard InChI is InChI=1S/C11H12ClN3O/c1-15-9(5-6-13)14-10-7(11(15)16)3-2-4-8(10)12/h2-4H,5-6,13H2,1H3. The minimum atomic E-state index is -0.0871. The first-order valence-electron chi connectivity index (χ1n) is 4.99. The van der Waals surface area contributed by atoms with Crippen molar-refractivity contribution in [1.82, 2.24) is 9.55 Å². The molecule has 0 radical (unpaired) electrons. The van der Waals surface area contributed by atoms with E-state index in [4.69, 9.17) is 17.3 Å². The topological polar surface area (TPSA) is 60.9 Å².